The van der Waals surface area contributed by atoms with Crippen molar-refractivity contribution in [3.05, 3.63) is 107 Å². The minimum absolute atomic E-state index is 0.0157. The monoisotopic (exact) mass is 406 g/mol. The van der Waals surface area contributed by atoms with Crippen molar-refractivity contribution < 1.29 is 0 Å². The van der Waals surface area contributed by atoms with Crippen LogP contribution in [0.3, 0.4) is 0 Å². The summed E-state index contributed by atoms with van der Waals surface area (Å²) >= 11 is 0. The molecule has 2 heterocycles. The molecule has 1 unspecified atom stereocenters. The Kier molecular flexibility index (Phi) is 4.71. The van der Waals surface area contributed by atoms with Crippen molar-refractivity contribution in [2.24, 2.45) is 0 Å². The van der Waals surface area contributed by atoms with Gasteiger partial charge in [-0.1, -0.05) is 48.5 Å². The number of benzene rings is 3. The molecule has 31 heavy (non-hydrogen) atoms. The van der Waals surface area contributed by atoms with E-state index in [-0.39, 0.29) is 11.6 Å². The zero-order chi connectivity index (χ0) is 21.4. The van der Waals surface area contributed by atoms with E-state index in [2.05, 4.69) is 21.4 Å². The number of nitrogens with one attached hydrogen (secondary N) is 1. The van der Waals surface area contributed by atoms with E-state index in [4.69, 9.17) is 0 Å². The molecule has 1 N–H and O–H groups in total. The lowest BCUT2D eigenvalue weighted by Gasteiger charge is -2.22. The number of rotatable bonds is 4. The molecule has 0 spiro atoms. The average Bonchev–Trinajstić information content (AvgIpc) is 2.79. The van der Waals surface area contributed by atoms with E-state index in [1.807, 2.05) is 86.6 Å². The van der Waals surface area contributed by atoms with Crippen LogP contribution >= 0.6 is 0 Å². The Labute approximate surface area is 180 Å². The van der Waals surface area contributed by atoms with Gasteiger partial charge in [-0.3, -0.25) is 9.36 Å². The first kappa shape index (κ1) is 19.0. The molecule has 0 saturated carbocycles. The van der Waals surface area contributed by atoms with Gasteiger partial charge in [0, 0.05) is 16.8 Å². The maximum atomic E-state index is 13.6. The van der Waals surface area contributed by atoms with Crippen molar-refractivity contribution in [2.75, 3.05) is 5.32 Å². The molecular formula is C26H22N4O. The highest BCUT2D eigenvalue weighted by Crippen LogP contribution is 2.27. The number of pyridine rings is 1. The molecule has 1 atom stereocenters. The highest BCUT2D eigenvalue weighted by Gasteiger charge is 2.18. The van der Waals surface area contributed by atoms with Crippen molar-refractivity contribution in [2.45, 2.75) is 19.9 Å². The molecule has 0 radical (unpaired) electrons. The van der Waals surface area contributed by atoms with Crippen LogP contribution in [-0.4, -0.2) is 14.5 Å². The first-order chi connectivity index (χ1) is 15.1. The van der Waals surface area contributed by atoms with Crippen molar-refractivity contribution in [3.63, 3.8) is 0 Å². The Balaban J connectivity index is 1.71. The van der Waals surface area contributed by atoms with Crippen molar-refractivity contribution in [3.8, 4) is 5.69 Å². The molecule has 5 nitrogen and oxygen atoms in total. The quantitative estimate of drug-likeness (QED) is 0.433. The van der Waals surface area contributed by atoms with Crippen LogP contribution in [0.25, 0.3) is 27.4 Å². The second kappa shape index (κ2) is 7.69. The zero-order valence-electron chi connectivity index (χ0n) is 17.4. The zero-order valence-corrected chi connectivity index (χ0v) is 17.4. The number of hydrogen-bond acceptors (Lipinski definition) is 4. The van der Waals surface area contributed by atoms with Gasteiger partial charge < -0.3 is 5.32 Å². The van der Waals surface area contributed by atoms with Crippen LogP contribution in [-0.2, 0) is 0 Å². The SMILES string of the molecule is Cc1cccc2cc(C(C)Nc3ncnc4ccccc34)n(-c3ccccc3)c(=O)c12. The first-order valence-electron chi connectivity index (χ1n) is 10.3. The molecule has 0 saturated heterocycles. The molecule has 0 fully saturated rings. The van der Waals surface area contributed by atoms with Gasteiger partial charge in [-0.2, -0.15) is 0 Å². The maximum Gasteiger partial charge on any atom is 0.263 e. The summed E-state index contributed by atoms with van der Waals surface area (Å²) in [6.07, 6.45) is 1.56. The number of para-hydroxylation sites is 2. The van der Waals surface area contributed by atoms with E-state index in [1.165, 1.54) is 0 Å². The summed E-state index contributed by atoms with van der Waals surface area (Å²) < 4.78 is 1.80. The van der Waals surface area contributed by atoms with E-state index >= 15 is 0 Å². The lowest BCUT2D eigenvalue weighted by atomic mass is 10.0. The summed E-state index contributed by atoms with van der Waals surface area (Å²) in [5, 5.41) is 6.14. The van der Waals surface area contributed by atoms with Crippen LogP contribution in [0.5, 0.6) is 0 Å². The summed E-state index contributed by atoms with van der Waals surface area (Å²) in [5.41, 5.74) is 3.55. The fraction of sp³-hybridized carbons (Fsp3) is 0.115. The minimum Gasteiger partial charge on any atom is -0.361 e. The van der Waals surface area contributed by atoms with Gasteiger partial charge in [-0.15, -0.1) is 0 Å². The summed E-state index contributed by atoms with van der Waals surface area (Å²) in [5.74, 6) is 0.745. The van der Waals surface area contributed by atoms with Crippen LogP contribution in [0.15, 0.2) is 90.0 Å². The lowest BCUT2D eigenvalue weighted by Crippen LogP contribution is -2.26. The smallest absolute Gasteiger partial charge is 0.263 e. The molecule has 5 rings (SSSR count). The average molecular weight is 406 g/mol. The fourth-order valence-corrected chi connectivity index (χ4v) is 4.12. The lowest BCUT2D eigenvalue weighted by molar-refractivity contribution is 0.774. The van der Waals surface area contributed by atoms with Crippen LogP contribution in [0, 0.1) is 6.92 Å². The predicted molar refractivity (Wildman–Crippen MR) is 126 cm³/mol. The largest absolute Gasteiger partial charge is 0.361 e. The highest BCUT2D eigenvalue weighted by atomic mass is 16.1. The normalized spacial score (nSPS) is 12.2. The van der Waals surface area contributed by atoms with Crippen molar-refractivity contribution in [1.29, 1.82) is 0 Å². The standard InChI is InChI=1S/C26H22N4O/c1-17-9-8-10-19-15-23(30(26(31)24(17)19)20-11-4-3-5-12-20)18(2)29-25-21-13-6-7-14-22(21)27-16-28-25/h3-16,18H,1-2H3,(H,27,28,29). The van der Waals surface area contributed by atoms with E-state index in [9.17, 15) is 4.79 Å². The van der Waals surface area contributed by atoms with Gasteiger partial charge in [0.15, 0.2) is 0 Å². The Morgan fingerprint density at radius 3 is 2.52 bits per heavy atom. The summed E-state index contributed by atoms with van der Waals surface area (Å²) in [6, 6.07) is 25.6. The molecule has 3 aromatic carbocycles. The molecule has 2 aromatic heterocycles. The van der Waals surface area contributed by atoms with E-state index in [0.29, 0.717) is 0 Å². The number of hydrogen-bond donors (Lipinski definition) is 1. The van der Waals surface area contributed by atoms with Gasteiger partial charge >= 0.3 is 0 Å². The van der Waals surface area contributed by atoms with Gasteiger partial charge in [0.25, 0.3) is 5.56 Å². The molecule has 0 bridgehead atoms. The van der Waals surface area contributed by atoms with E-state index in [1.54, 1.807) is 10.9 Å². The van der Waals surface area contributed by atoms with Gasteiger partial charge in [0.2, 0.25) is 0 Å². The molecule has 0 aliphatic carbocycles. The summed E-state index contributed by atoms with van der Waals surface area (Å²) in [6.45, 7) is 4.03. The first-order valence-corrected chi connectivity index (χ1v) is 10.3. The molecule has 0 aliphatic heterocycles. The molecule has 5 heteroatoms. The van der Waals surface area contributed by atoms with Crippen LogP contribution in [0.4, 0.5) is 5.82 Å². The maximum absolute atomic E-state index is 13.6. The van der Waals surface area contributed by atoms with Crippen molar-refractivity contribution in [1.82, 2.24) is 14.5 Å². The molecule has 0 amide bonds. The van der Waals surface area contributed by atoms with Gasteiger partial charge in [0.1, 0.15) is 12.1 Å². The Morgan fingerprint density at radius 1 is 0.903 bits per heavy atom. The fourth-order valence-electron chi connectivity index (χ4n) is 4.12. The van der Waals surface area contributed by atoms with Crippen LogP contribution in [0.2, 0.25) is 0 Å². The van der Waals surface area contributed by atoms with Gasteiger partial charge in [0.05, 0.1) is 16.9 Å². The molecule has 5 aromatic rings. The van der Waals surface area contributed by atoms with Gasteiger partial charge in [-0.05, 0) is 55.1 Å². The van der Waals surface area contributed by atoms with Crippen molar-refractivity contribution >= 4 is 27.5 Å². The van der Waals surface area contributed by atoms with E-state index < -0.39 is 0 Å². The third-order valence-electron chi connectivity index (χ3n) is 5.64. The summed E-state index contributed by atoms with van der Waals surface area (Å²) in [4.78, 5) is 22.5. The third-order valence-corrected chi connectivity index (χ3v) is 5.64. The van der Waals surface area contributed by atoms with Crippen LogP contribution < -0.4 is 10.9 Å². The van der Waals surface area contributed by atoms with E-state index in [0.717, 1.165) is 44.4 Å². The number of aryl methyl sites for hydroxylation is 1. The predicted octanol–water partition coefficient (Wildman–Crippen LogP) is 5.42. The Morgan fingerprint density at radius 2 is 1.68 bits per heavy atom. The molecule has 152 valence electrons. The third kappa shape index (κ3) is 3.34. The summed E-state index contributed by atoms with van der Waals surface area (Å²) in [7, 11) is 0. The second-order valence-electron chi connectivity index (χ2n) is 7.69. The molecular weight excluding hydrogens is 384 g/mol. The Hall–Kier alpha value is -3.99. The topological polar surface area (TPSA) is 59.8 Å². The number of aromatic nitrogens is 3. The second-order valence-corrected chi connectivity index (χ2v) is 7.69. The Bertz CT molecular complexity index is 1450. The minimum atomic E-state index is -0.170. The number of anilines is 1. The molecule has 0 aliphatic rings. The van der Waals surface area contributed by atoms with Gasteiger partial charge in [-0.25, -0.2) is 9.97 Å². The number of nitrogens with zero attached hydrogens (tertiary/aromatic N) is 3. The number of fused-ring (bicyclic) bond motifs is 2. The van der Waals surface area contributed by atoms with Crippen LogP contribution in [0.1, 0.15) is 24.2 Å². The highest BCUT2D eigenvalue weighted by molar-refractivity contribution is 5.89.